The van der Waals surface area contributed by atoms with Gasteiger partial charge in [-0.2, -0.15) is 26.3 Å². The fraction of sp³-hybridized carbons (Fsp3) is 0.800. The van der Waals surface area contributed by atoms with Crippen LogP contribution >= 0.6 is 0 Å². The fourth-order valence-corrected chi connectivity index (χ4v) is 1.77. The van der Waals surface area contributed by atoms with E-state index in [1.165, 1.54) is 0 Å². The molecule has 0 heterocycles. The Morgan fingerprint density at radius 3 is 1.94 bits per heavy atom. The largest absolute Gasteiger partial charge is 0.426 e. The molecule has 0 saturated heterocycles. The Morgan fingerprint density at radius 1 is 1.06 bits per heavy atom. The van der Waals surface area contributed by atoms with Crippen LogP contribution in [0.2, 0.25) is 0 Å². The van der Waals surface area contributed by atoms with Gasteiger partial charge in [-0.3, -0.25) is 0 Å². The smallest absolute Gasteiger partial charge is 0.374 e. The first-order valence-corrected chi connectivity index (χ1v) is 5.10. The summed E-state index contributed by atoms with van der Waals surface area (Å²) in [5.41, 5.74) is -4.60. The lowest BCUT2D eigenvalue weighted by atomic mass is 9.90. The number of aliphatic hydroxyl groups is 1. The lowest BCUT2D eigenvalue weighted by molar-refractivity contribution is -0.370. The van der Waals surface area contributed by atoms with Crippen LogP contribution in [0.5, 0.6) is 0 Å². The van der Waals surface area contributed by atoms with Crippen LogP contribution < -0.4 is 0 Å². The summed E-state index contributed by atoms with van der Waals surface area (Å²) in [7, 11) is 0. The van der Waals surface area contributed by atoms with Crippen molar-refractivity contribution in [3.63, 3.8) is 0 Å². The van der Waals surface area contributed by atoms with Crippen molar-refractivity contribution in [2.24, 2.45) is 5.92 Å². The maximum absolute atomic E-state index is 12.3. The van der Waals surface area contributed by atoms with Crippen LogP contribution in [0.1, 0.15) is 25.7 Å². The second kappa shape index (κ2) is 4.51. The summed E-state index contributed by atoms with van der Waals surface area (Å²) in [4.78, 5) is 0. The van der Waals surface area contributed by atoms with E-state index in [0.717, 1.165) is 0 Å². The van der Waals surface area contributed by atoms with Gasteiger partial charge in [0.15, 0.2) is 0 Å². The van der Waals surface area contributed by atoms with Gasteiger partial charge in [0, 0.05) is 0 Å². The molecule has 0 amide bonds. The molecule has 0 fully saturated rings. The molecule has 0 aromatic rings. The van der Waals surface area contributed by atoms with Crippen LogP contribution in [-0.4, -0.2) is 23.1 Å². The van der Waals surface area contributed by atoms with Gasteiger partial charge < -0.3 is 5.11 Å². The van der Waals surface area contributed by atoms with Crippen molar-refractivity contribution in [2.45, 2.75) is 43.6 Å². The quantitative estimate of drug-likeness (QED) is 0.608. The van der Waals surface area contributed by atoms with Gasteiger partial charge in [0.2, 0.25) is 0 Å². The Hall–Kier alpha value is -0.720. The standard InChI is InChI=1S/C10H12F6O/c11-9(12,13)8(17,10(14,15)16)6-5-7-3-1-2-4-7/h1,3,7,17H,2,4-6H2. The Labute approximate surface area is 94.1 Å². The Balaban J connectivity index is 2.74. The van der Waals surface area contributed by atoms with Gasteiger partial charge in [-0.25, -0.2) is 0 Å². The first kappa shape index (κ1) is 14.3. The van der Waals surface area contributed by atoms with E-state index in [2.05, 4.69) is 0 Å². The third-order valence-corrected chi connectivity index (χ3v) is 2.93. The van der Waals surface area contributed by atoms with Crippen molar-refractivity contribution in [3.05, 3.63) is 12.2 Å². The molecule has 100 valence electrons. The van der Waals surface area contributed by atoms with Crippen LogP contribution in [0.3, 0.4) is 0 Å². The molecule has 0 bridgehead atoms. The van der Waals surface area contributed by atoms with Crippen LogP contribution in [-0.2, 0) is 0 Å². The summed E-state index contributed by atoms with van der Waals surface area (Å²) < 4.78 is 73.7. The van der Waals surface area contributed by atoms with E-state index in [9.17, 15) is 26.3 Å². The first-order chi connectivity index (χ1) is 7.58. The van der Waals surface area contributed by atoms with Crippen LogP contribution in [0, 0.1) is 5.92 Å². The summed E-state index contributed by atoms with van der Waals surface area (Å²) in [5.74, 6) is -0.314. The maximum atomic E-state index is 12.3. The van der Waals surface area contributed by atoms with Gasteiger partial charge in [-0.05, 0) is 31.6 Å². The second-order valence-corrected chi connectivity index (χ2v) is 4.16. The summed E-state index contributed by atoms with van der Waals surface area (Å²) in [6, 6.07) is 0. The van der Waals surface area contributed by atoms with Crippen molar-refractivity contribution in [2.75, 3.05) is 0 Å². The molecule has 0 aromatic carbocycles. The number of hydrogen-bond acceptors (Lipinski definition) is 1. The van der Waals surface area contributed by atoms with Gasteiger partial charge >= 0.3 is 12.4 Å². The average molecular weight is 262 g/mol. The van der Waals surface area contributed by atoms with E-state index in [-0.39, 0.29) is 12.3 Å². The van der Waals surface area contributed by atoms with Crippen molar-refractivity contribution in [3.8, 4) is 0 Å². The Morgan fingerprint density at radius 2 is 1.59 bits per heavy atom. The Kier molecular flexibility index (Phi) is 3.81. The zero-order chi connectivity index (χ0) is 13.3. The van der Waals surface area contributed by atoms with E-state index in [0.29, 0.717) is 12.8 Å². The summed E-state index contributed by atoms with van der Waals surface area (Å²) in [6.07, 6.45) is -8.59. The van der Waals surface area contributed by atoms with Gasteiger partial charge in [0.25, 0.3) is 5.60 Å². The molecule has 1 atom stereocenters. The van der Waals surface area contributed by atoms with Gasteiger partial charge in [-0.1, -0.05) is 12.2 Å². The molecule has 0 aromatic heterocycles. The predicted octanol–water partition coefficient (Wildman–Crippen LogP) is 3.59. The number of halogens is 6. The molecule has 1 rings (SSSR count). The van der Waals surface area contributed by atoms with Crippen molar-refractivity contribution >= 4 is 0 Å². The molecular weight excluding hydrogens is 250 g/mol. The zero-order valence-corrected chi connectivity index (χ0v) is 8.78. The minimum absolute atomic E-state index is 0.314. The van der Waals surface area contributed by atoms with Crippen LogP contribution in [0.15, 0.2) is 12.2 Å². The molecule has 1 aliphatic rings. The number of alkyl halides is 6. The number of rotatable bonds is 3. The number of allylic oxidation sites excluding steroid dienone is 2. The third kappa shape index (κ3) is 2.94. The minimum atomic E-state index is -5.70. The molecule has 0 radical (unpaired) electrons. The molecule has 0 spiro atoms. The van der Waals surface area contributed by atoms with E-state index in [1.807, 2.05) is 0 Å². The molecule has 0 aliphatic heterocycles. The lowest BCUT2D eigenvalue weighted by Gasteiger charge is -2.32. The highest BCUT2D eigenvalue weighted by Crippen LogP contribution is 2.46. The highest BCUT2D eigenvalue weighted by Gasteiger charge is 2.69. The molecule has 1 aliphatic carbocycles. The summed E-state index contributed by atoms with van der Waals surface area (Å²) in [6.45, 7) is 0. The SMILES string of the molecule is OC(CCC1C=CCC1)(C(F)(F)F)C(F)(F)F. The van der Waals surface area contributed by atoms with E-state index in [1.54, 1.807) is 12.2 Å². The van der Waals surface area contributed by atoms with Crippen molar-refractivity contribution in [1.82, 2.24) is 0 Å². The third-order valence-electron chi connectivity index (χ3n) is 2.93. The highest BCUT2D eigenvalue weighted by molar-refractivity contribution is 4.99. The molecule has 0 saturated carbocycles. The lowest BCUT2D eigenvalue weighted by Crippen LogP contribution is -2.56. The van der Waals surface area contributed by atoms with Gasteiger partial charge in [0.05, 0.1) is 0 Å². The van der Waals surface area contributed by atoms with Gasteiger partial charge in [-0.15, -0.1) is 0 Å². The first-order valence-electron chi connectivity index (χ1n) is 5.10. The van der Waals surface area contributed by atoms with E-state index >= 15 is 0 Å². The number of hydrogen-bond donors (Lipinski definition) is 1. The van der Waals surface area contributed by atoms with Crippen LogP contribution in [0.25, 0.3) is 0 Å². The molecule has 1 N–H and O–H groups in total. The monoisotopic (exact) mass is 262 g/mol. The summed E-state index contributed by atoms with van der Waals surface area (Å²) >= 11 is 0. The minimum Gasteiger partial charge on any atom is -0.374 e. The Bertz CT molecular complexity index is 276. The predicted molar refractivity (Wildman–Crippen MR) is 48.2 cm³/mol. The van der Waals surface area contributed by atoms with Crippen molar-refractivity contribution in [1.29, 1.82) is 0 Å². The average Bonchev–Trinajstić information content (AvgIpc) is 2.62. The molecule has 7 heteroatoms. The van der Waals surface area contributed by atoms with E-state index in [4.69, 9.17) is 5.11 Å². The summed E-state index contributed by atoms with van der Waals surface area (Å²) in [5, 5.41) is 8.87. The molecule has 1 nitrogen and oxygen atoms in total. The molecule has 17 heavy (non-hydrogen) atoms. The molecule has 1 unspecified atom stereocenters. The zero-order valence-electron chi connectivity index (χ0n) is 8.78. The normalized spacial score (nSPS) is 22.2. The van der Waals surface area contributed by atoms with Crippen LogP contribution in [0.4, 0.5) is 26.3 Å². The molecular formula is C10H12F6O. The fourth-order valence-electron chi connectivity index (χ4n) is 1.77. The van der Waals surface area contributed by atoms with E-state index < -0.39 is 24.4 Å². The van der Waals surface area contributed by atoms with Gasteiger partial charge in [0.1, 0.15) is 0 Å². The second-order valence-electron chi connectivity index (χ2n) is 4.16. The highest BCUT2D eigenvalue weighted by atomic mass is 19.4. The maximum Gasteiger partial charge on any atom is 0.426 e. The topological polar surface area (TPSA) is 20.2 Å². The van der Waals surface area contributed by atoms with Crippen molar-refractivity contribution < 1.29 is 31.4 Å².